The minimum Gasteiger partial charge on any atom is -0.391 e. The molecule has 2 atom stereocenters. The summed E-state index contributed by atoms with van der Waals surface area (Å²) in [6.45, 7) is 1.94. The second-order valence-corrected chi connectivity index (χ2v) is 4.94. The van der Waals surface area contributed by atoms with Crippen molar-refractivity contribution >= 4 is 5.69 Å². The van der Waals surface area contributed by atoms with Gasteiger partial charge in [0.1, 0.15) is 5.82 Å². The first-order valence-corrected chi connectivity index (χ1v) is 6.37. The van der Waals surface area contributed by atoms with Gasteiger partial charge in [0, 0.05) is 0 Å². The molecular weight excluding hydrogens is 217 g/mol. The van der Waals surface area contributed by atoms with Crippen molar-refractivity contribution in [2.45, 2.75) is 51.2 Å². The molecule has 0 amide bonds. The Kier molecular flexibility index (Phi) is 4.00. The van der Waals surface area contributed by atoms with Crippen LogP contribution in [0.15, 0.2) is 18.2 Å². The van der Waals surface area contributed by atoms with E-state index in [9.17, 15) is 9.50 Å². The van der Waals surface area contributed by atoms with Crippen molar-refractivity contribution in [2.24, 2.45) is 0 Å². The largest absolute Gasteiger partial charge is 0.391 e. The Hall–Kier alpha value is -1.09. The standard InChI is InChI=1S/C14H20FNO/c1-10-7-8-11(15)13(9-10)16-12-5-3-2-4-6-14(12)17/h7-9,12,14,16-17H,2-6H2,1H3. The number of aryl methyl sites for hydroxylation is 1. The van der Waals surface area contributed by atoms with Crippen LogP contribution >= 0.6 is 0 Å². The molecule has 0 radical (unpaired) electrons. The molecule has 0 aliphatic heterocycles. The molecule has 2 unspecified atom stereocenters. The SMILES string of the molecule is Cc1ccc(F)c(NC2CCCCCC2O)c1. The molecule has 1 fully saturated rings. The van der Waals surface area contributed by atoms with Gasteiger partial charge in [-0.25, -0.2) is 4.39 Å². The summed E-state index contributed by atoms with van der Waals surface area (Å²) in [5.74, 6) is -0.243. The second kappa shape index (κ2) is 5.50. The maximum absolute atomic E-state index is 13.6. The van der Waals surface area contributed by atoms with Crippen LogP contribution in [0.5, 0.6) is 0 Å². The lowest BCUT2D eigenvalue weighted by atomic mass is 10.1. The third kappa shape index (κ3) is 3.19. The molecule has 1 aromatic rings. The molecule has 0 heterocycles. The van der Waals surface area contributed by atoms with Crippen molar-refractivity contribution in [1.29, 1.82) is 0 Å². The smallest absolute Gasteiger partial charge is 0.146 e. The molecule has 1 aliphatic rings. The second-order valence-electron chi connectivity index (χ2n) is 4.94. The average Bonchev–Trinajstić information content (AvgIpc) is 2.50. The molecule has 0 bridgehead atoms. The van der Waals surface area contributed by atoms with Gasteiger partial charge in [-0.1, -0.05) is 25.3 Å². The lowest BCUT2D eigenvalue weighted by Crippen LogP contribution is -2.32. The maximum atomic E-state index is 13.6. The van der Waals surface area contributed by atoms with Gasteiger partial charge in [-0.3, -0.25) is 0 Å². The monoisotopic (exact) mass is 237 g/mol. The van der Waals surface area contributed by atoms with Gasteiger partial charge in [0.2, 0.25) is 0 Å². The summed E-state index contributed by atoms with van der Waals surface area (Å²) in [4.78, 5) is 0. The number of nitrogens with one attached hydrogen (secondary N) is 1. The van der Waals surface area contributed by atoms with Gasteiger partial charge in [-0.05, 0) is 37.5 Å². The van der Waals surface area contributed by atoms with E-state index < -0.39 is 0 Å². The Labute approximate surface area is 102 Å². The fourth-order valence-corrected chi connectivity index (χ4v) is 2.41. The van der Waals surface area contributed by atoms with E-state index in [-0.39, 0.29) is 18.0 Å². The highest BCUT2D eigenvalue weighted by Crippen LogP contribution is 2.23. The predicted molar refractivity (Wildman–Crippen MR) is 67.6 cm³/mol. The van der Waals surface area contributed by atoms with Crippen LogP contribution in [0.2, 0.25) is 0 Å². The van der Waals surface area contributed by atoms with Crippen molar-refractivity contribution in [3.05, 3.63) is 29.6 Å². The van der Waals surface area contributed by atoms with Crippen molar-refractivity contribution < 1.29 is 9.50 Å². The number of hydrogen-bond donors (Lipinski definition) is 2. The molecule has 0 saturated heterocycles. The van der Waals surface area contributed by atoms with Gasteiger partial charge in [0.05, 0.1) is 17.8 Å². The quantitative estimate of drug-likeness (QED) is 0.774. The normalized spacial score (nSPS) is 25.4. The van der Waals surface area contributed by atoms with E-state index in [0.717, 1.165) is 37.7 Å². The average molecular weight is 237 g/mol. The molecule has 3 heteroatoms. The topological polar surface area (TPSA) is 32.3 Å². The summed E-state index contributed by atoms with van der Waals surface area (Å²) in [5, 5.41) is 13.1. The van der Waals surface area contributed by atoms with Crippen LogP contribution in [0.1, 0.15) is 37.7 Å². The van der Waals surface area contributed by atoms with Gasteiger partial charge in [-0.15, -0.1) is 0 Å². The van der Waals surface area contributed by atoms with Gasteiger partial charge >= 0.3 is 0 Å². The number of anilines is 1. The zero-order valence-electron chi connectivity index (χ0n) is 10.2. The fourth-order valence-electron chi connectivity index (χ4n) is 2.41. The number of aliphatic hydroxyl groups is 1. The van der Waals surface area contributed by atoms with Gasteiger partial charge < -0.3 is 10.4 Å². The van der Waals surface area contributed by atoms with Crippen molar-refractivity contribution in [1.82, 2.24) is 0 Å². The Morgan fingerprint density at radius 3 is 2.82 bits per heavy atom. The first kappa shape index (κ1) is 12.4. The number of benzene rings is 1. The van der Waals surface area contributed by atoms with Crippen molar-refractivity contribution in [2.75, 3.05) is 5.32 Å². The van der Waals surface area contributed by atoms with Crippen LogP contribution in [0.3, 0.4) is 0 Å². The third-order valence-corrected chi connectivity index (χ3v) is 3.44. The first-order valence-electron chi connectivity index (χ1n) is 6.37. The maximum Gasteiger partial charge on any atom is 0.146 e. The molecule has 1 aromatic carbocycles. The Balaban J connectivity index is 2.10. The third-order valence-electron chi connectivity index (χ3n) is 3.44. The Morgan fingerprint density at radius 1 is 1.24 bits per heavy atom. The molecule has 2 nitrogen and oxygen atoms in total. The lowest BCUT2D eigenvalue weighted by Gasteiger charge is -2.23. The minimum atomic E-state index is -0.364. The van der Waals surface area contributed by atoms with E-state index in [1.54, 1.807) is 12.1 Å². The van der Waals surface area contributed by atoms with E-state index in [0.29, 0.717) is 5.69 Å². The summed E-state index contributed by atoms with van der Waals surface area (Å²) in [6, 6.07) is 5.01. The van der Waals surface area contributed by atoms with Gasteiger partial charge in [-0.2, -0.15) is 0 Å². The van der Waals surface area contributed by atoms with Crippen molar-refractivity contribution in [3.63, 3.8) is 0 Å². The molecule has 0 aromatic heterocycles. The van der Waals surface area contributed by atoms with E-state index in [1.807, 2.05) is 6.92 Å². The molecule has 0 spiro atoms. The molecule has 2 rings (SSSR count). The first-order chi connectivity index (χ1) is 8.16. The summed E-state index contributed by atoms with van der Waals surface area (Å²) in [7, 11) is 0. The van der Waals surface area contributed by atoms with Crippen LogP contribution in [0, 0.1) is 12.7 Å². The van der Waals surface area contributed by atoms with Gasteiger partial charge in [0.15, 0.2) is 0 Å². The Morgan fingerprint density at radius 2 is 2.00 bits per heavy atom. The summed E-state index contributed by atoms with van der Waals surface area (Å²) >= 11 is 0. The molecular formula is C14H20FNO. The molecule has 1 aliphatic carbocycles. The fraction of sp³-hybridized carbons (Fsp3) is 0.571. The van der Waals surface area contributed by atoms with E-state index >= 15 is 0 Å². The zero-order valence-corrected chi connectivity index (χ0v) is 10.2. The molecule has 94 valence electrons. The number of halogens is 1. The highest BCUT2D eigenvalue weighted by Gasteiger charge is 2.22. The molecule has 2 N–H and O–H groups in total. The lowest BCUT2D eigenvalue weighted by molar-refractivity contribution is 0.144. The zero-order chi connectivity index (χ0) is 12.3. The van der Waals surface area contributed by atoms with Crippen LogP contribution in [-0.2, 0) is 0 Å². The minimum absolute atomic E-state index is 0.0196. The summed E-state index contributed by atoms with van der Waals surface area (Å²) in [6.07, 6.45) is 4.68. The summed E-state index contributed by atoms with van der Waals surface area (Å²) in [5.41, 5.74) is 1.54. The molecule has 17 heavy (non-hydrogen) atoms. The van der Waals surface area contributed by atoms with Crippen molar-refractivity contribution in [3.8, 4) is 0 Å². The number of aliphatic hydroxyl groups excluding tert-OH is 1. The van der Waals surface area contributed by atoms with Crippen LogP contribution in [-0.4, -0.2) is 17.3 Å². The van der Waals surface area contributed by atoms with E-state index in [4.69, 9.17) is 0 Å². The number of hydrogen-bond acceptors (Lipinski definition) is 2. The van der Waals surface area contributed by atoms with Crippen LogP contribution < -0.4 is 5.32 Å². The van der Waals surface area contributed by atoms with Crippen LogP contribution in [0.25, 0.3) is 0 Å². The predicted octanol–water partition coefficient (Wildman–Crippen LogP) is 3.24. The molecule has 1 saturated carbocycles. The number of rotatable bonds is 2. The van der Waals surface area contributed by atoms with Gasteiger partial charge in [0.25, 0.3) is 0 Å². The Bertz CT molecular complexity index is 380. The summed E-state index contributed by atoms with van der Waals surface area (Å²) < 4.78 is 13.6. The highest BCUT2D eigenvalue weighted by molar-refractivity contribution is 5.48. The van der Waals surface area contributed by atoms with E-state index in [1.165, 1.54) is 6.07 Å². The van der Waals surface area contributed by atoms with Crippen LogP contribution in [0.4, 0.5) is 10.1 Å². The van der Waals surface area contributed by atoms with E-state index in [2.05, 4.69) is 5.32 Å². The highest BCUT2D eigenvalue weighted by atomic mass is 19.1.